The molecule has 3 aliphatic heterocycles. The molecule has 17 nitrogen and oxygen atoms in total. The zero-order valence-corrected chi connectivity index (χ0v) is 34.7. The van der Waals surface area contributed by atoms with Crippen LogP contribution in [0.2, 0.25) is 0 Å². The van der Waals surface area contributed by atoms with E-state index in [0.717, 1.165) is 12.8 Å². The maximum atomic E-state index is 13.0. The highest BCUT2D eigenvalue weighted by molar-refractivity contribution is 7.88. The molecule has 6 rings (SSSR count). The normalized spacial score (nSPS) is 19.0. The highest BCUT2D eigenvalue weighted by atomic mass is 32.2. The highest BCUT2D eigenvalue weighted by Crippen LogP contribution is 2.18. The van der Waals surface area contributed by atoms with Gasteiger partial charge in [0.25, 0.3) is 0 Å². The molecule has 0 spiro atoms. The maximum absolute atomic E-state index is 13.0. The fraction of sp³-hybridized carbons (Fsp3) is 0.444. The summed E-state index contributed by atoms with van der Waals surface area (Å²) in [4.78, 5) is 40.9. The van der Waals surface area contributed by atoms with E-state index in [0.29, 0.717) is 56.3 Å². The predicted octanol–water partition coefficient (Wildman–Crippen LogP) is 1.29. The number of amidine groups is 1. The quantitative estimate of drug-likeness (QED) is 0.175. The number of carbonyl (C=O) groups excluding carboxylic acids is 2. The molecule has 7 N–H and O–H groups in total. The Morgan fingerprint density at radius 1 is 0.845 bits per heavy atom. The van der Waals surface area contributed by atoms with Gasteiger partial charge in [-0.3, -0.25) is 18.8 Å². The van der Waals surface area contributed by atoms with Gasteiger partial charge < -0.3 is 22.5 Å². The van der Waals surface area contributed by atoms with E-state index in [9.17, 15) is 39.4 Å². The van der Waals surface area contributed by atoms with Crippen LogP contribution in [0.1, 0.15) is 58.9 Å². The number of hydrogen-bond acceptors (Lipinski definition) is 15. The molecule has 3 aromatic rings. The molecule has 0 aliphatic carbocycles. The Balaban J connectivity index is 0.000000210. The monoisotopic (exact) mass is 866 g/mol. The van der Waals surface area contributed by atoms with E-state index in [1.807, 2.05) is 0 Å². The lowest BCUT2D eigenvalue weighted by Crippen LogP contribution is -2.47. The largest absolute Gasteiger partial charge is 0.386 e. The zero-order chi connectivity index (χ0) is 42.8. The van der Waals surface area contributed by atoms with Crippen molar-refractivity contribution in [3.05, 3.63) is 83.1 Å². The van der Waals surface area contributed by atoms with Crippen molar-refractivity contribution in [3.63, 3.8) is 0 Å². The van der Waals surface area contributed by atoms with Gasteiger partial charge in [-0.2, -0.15) is 0 Å². The Morgan fingerprint density at radius 2 is 1.34 bits per heavy atom. The predicted molar refractivity (Wildman–Crippen MR) is 218 cm³/mol. The minimum absolute atomic E-state index is 0.0360. The first-order chi connectivity index (χ1) is 27.3. The molecular formula is C36H48F2N10O7S3. The van der Waals surface area contributed by atoms with Crippen LogP contribution in [0, 0.1) is 17.6 Å². The number of nitrogens with two attached hydrogens (primary N) is 3. The van der Waals surface area contributed by atoms with Gasteiger partial charge in [-0.25, -0.2) is 49.2 Å². The SMILES string of the molecule is CCS(=O)c1ncc(C(=O)c2ccc(F)cc2)c(N)n1.CS(=O)(=O)N1CCC(N)CC1.CS(=O)(=O)N1CCC(NC2=NCC(C(=O)c3ccc(F)cc3)C(N)=N2)CC1. The molecule has 58 heavy (non-hydrogen) atoms. The minimum atomic E-state index is -3.17. The summed E-state index contributed by atoms with van der Waals surface area (Å²) in [5.41, 5.74) is 18.0. The molecule has 2 aromatic carbocycles. The van der Waals surface area contributed by atoms with Gasteiger partial charge in [-0.1, -0.05) is 6.92 Å². The standard InChI is InChI=1S/C17H22FN5O3S.C13H12FN3O2S.C6H14N2O2S/c1-27(25,26)23-8-6-13(7-9-23)21-17-20-10-14(16(19)22-17)15(24)11-2-4-12(18)5-3-11;1-2-20(19)13-16-7-10(12(15)17-13)11(18)8-3-5-9(14)6-4-8;1-11(9,10)8-4-2-6(7)3-5-8/h2-5,13-14H,6-10H2,1H3,(H3,19,20,21,22);3-7H,2H2,1H3,(H2,15,16,17);6H,2-5,7H2,1H3. The van der Waals surface area contributed by atoms with Crippen molar-refractivity contribution in [1.82, 2.24) is 23.9 Å². The average Bonchev–Trinajstić information content (AvgIpc) is 3.18. The zero-order valence-electron chi connectivity index (χ0n) is 32.3. The second-order valence-electron chi connectivity index (χ2n) is 13.6. The number of ketones is 2. The van der Waals surface area contributed by atoms with E-state index in [2.05, 4.69) is 25.3 Å². The van der Waals surface area contributed by atoms with E-state index >= 15 is 0 Å². The molecule has 4 heterocycles. The van der Waals surface area contributed by atoms with Gasteiger partial charge in [-0.15, -0.1) is 0 Å². The Hall–Kier alpha value is -4.61. The lowest BCUT2D eigenvalue weighted by Gasteiger charge is -2.31. The van der Waals surface area contributed by atoms with Crippen LogP contribution in [-0.2, 0) is 30.8 Å². The van der Waals surface area contributed by atoms with Crippen molar-refractivity contribution in [3.8, 4) is 0 Å². The van der Waals surface area contributed by atoms with Gasteiger partial charge >= 0.3 is 0 Å². The number of aromatic nitrogens is 2. The van der Waals surface area contributed by atoms with Crippen molar-refractivity contribution in [2.24, 2.45) is 27.4 Å². The Kier molecular flexibility index (Phi) is 16.2. The molecule has 0 saturated carbocycles. The van der Waals surface area contributed by atoms with Crippen molar-refractivity contribution >= 4 is 60.0 Å². The summed E-state index contributed by atoms with van der Waals surface area (Å²) in [5.74, 6) is -1.33. The topological polar surface area (TPSA) is 267 Å². The van der Waals surface area contributed by atoms with Crippen LogP contribution in [-0.4, -0.2) is 126 Å². The first-order valence-corrected chi connectivity index (χ1v) is 23.2. The summed E-state index contributed by atoms with van der Waals surface area (Å²) >= 11 is 0. The number of Topliss-reactive ketones (excluding diaryl/α,β-unsaturated/α-hetero) is 1. The van der Waals surface area contributed by atoms with Crippen molar-refractivity contribution in [2.75, 3.05) is 56.7 Å². The maximum Gasteiger partial charge on any atom is 0.220 e. The number of sulfonamides is 2. The fourth-order valence-corrected chi connectivity index (χ4v) is 8.26. The second-order valence-corrected chi connectivity index (χ2v) is 19.2. The summed E-state index contributed by atoms with van der Waals surface area (Å²) in [6, 6.07) is 10.6. The minimum Gasteiger partial charge on any atom is -0.386 e. The number of nitrogens with zero attached hydrogens (tertiary/aromatic N) is 6. The van der Waals surface area contributed by atoms with E-state index in [1.165, 1.54) is 75.8 Å². The summed E-state index contributed by atoms with van der Waals surface area (Å²) < 4.78 is 85.4. The smallest absolute Gasteiger partial charge is 0.220 e. The molecule has 1 aromatic heterocycles. The van der Waals surface area contributed by atoms with E-state index in [-0.39, 0.29) is 52.3 Å². The third kappa shape index (κ3) is 13.2. The van der Waals surface area contributed by atoms with Gasteiger partial charge in [0.15, 0.2) is 11.6 Å². The molecule has 22 heteroatoms. The lowest BCUT2D eigenvalue weighted by atomic mass is 9.96. The fourth-order valence-electron chi connectivity index (χ4n) is 5.89. The van der Waals surface area contributed by atoms with Crippen LogP contribution in [0.15, 0.2) is 69.9 Å². The Morgan fingerprint density at radius 3 is 1.81 bits per heavy atom. The molecule has 0 bridgehead atoms. The van der Waals surface area contributed by atoms with Gasteiger partial charge in [0.2, 0.25) is 31.2 Å². The molecule has 2 saturated heterocycles. The average molecular weight is 867 g/mol. The third-order valence-corrected chi connectivity index (χ3v) is 13.0. The first kappa shape index (κ1) is 46.1. The Bertz CT molecular complexity index is 2230. The van der Waals surface area contributed by atoms with E-state index in [4.69, 9.17) is 17.2 Å². The third-order valence-electron chi connectivity index (χ3n) is 9.30. The summed E-state index contributed by atoms with van der Waals surface area (Å²) in [6.45, 7) is 3.94. The number of benzene rings is 2. The molecule has 2 unspecified atom stereocenters. The Labute approximate surface area is 339 Å². The number of hydrogen-bond donors (Lipinski definition) is 4. The number of nitrogens with one attached hydrogen (secondary N) is 1. The van der Waals surface area contributed by atoms with Crippen LogP contribution in [0.5, 0.6) is 0 Å². The first-order valence-electron chi connectivity index (χ1n) is 18.2. The number of halogens is 2. The molecule has 316 valence electrons. The van der Waals surface area contributed by atoms with E-state index < -0.39 is 54.2 Å². The number of carbonyl (C=O) groups is 2. The van der Waals surface area contributed by atoms with E-state index in [1.54, 1.807) is 6.92 Å². The molecule has 2 fully saturated rings. The molecule has 0 amide bonds. The van der Waals surface area contributed by atoms with Crippen LogP contribution in [0.3, 0.4) is 0 Å². The number of nitrogen functional groups attached to an aromatic ring is 1. The van der Waals surface area contributed by atoms with Crippen LogP contribution in [0.4, 0.5) is 14.6 Å². The number of rotatable bonds is 9. The van der Waals surface area contributed by atoms with Crippen LogP contribution < -0.4 is 22.5 Å². The van der Waals surface area contributed by atoms with Crippen molar-refractivity contribution < 1.29 is 39.4 Å². The van der Waals surface area contributed by atoms with Gasteiger partial charge in [0.05, 0.1) is 41.3 Å². The number of piperidine rings is 2. The molecule has 3 aliphatic rings. The number of guanidine groups is 1. The van der Waals surface area contributed by atoms with Crippen LogP contribution >= 0.6 is 0 Å². The molecule has 2 atom stereocenters. The molecular weight excluding hydrogens is 819 g/mol. The number of aliphatic imine (C=N–C) groups is 2. The van der Waals surface area contributed by atoms with Crippen molar-refractivity contribution in [2.45, 2.75) is 49.8 Å². The van der Waals surface area contributed by atoms with Gasteiger partial charge in [0.1, 0.15) is 23.3 Å². The van der Waals surface area contributed by atoms with Crippen LogP contribution in [0.25, 0.3) is 0 Å². The summed E-state index contributed by atoms with van der Waals surface area (Å²) in [5, 5.41) is 3.26. The van der Waals surface area contributed by atoms with Gasteiger partial charge in [0, 0.05) is 61.3 Å². The number of anilines is 1. The summed E-state index contributed by atoms with van der Waals surface area (Å²) in [6.07, 6.45) is 6.54. The van der Waals surface area contributed by atoms with Gasteiger partial charge in [-0.05, 0) is 74.2 Å². The summed E-state index contributed by atoms with van der Waals surface area (Å²) in [7, 11) is -7.47. The molecule has 0 radical (unpaired) electrons. The van der Waals surface area contributed by atoms with Crippen molar-refractivity contribution in [1.29, 1.82) is 0 Å². The highest BCUT2D eigenvalue weighted by Gasteiger charge is 2.30. The second kappa shape index (κ2) is 20.4. The lowest BCUT2D eigenvalue weighted by molar-refractivity contribution is 0.0956.